The van der Waals surface area contributed by atoms with E-state index in [1.54, 1.807) is 12.1 Å². The molecule has 5 rings (SSSR count). The number of rotatable bonds is 7. The zero-order chi connectivity index (χ0) is 23.7. The Morgan fingerprint density at radius 2 is 1.82 bits per heavy atom. The first-order chi connectivity index (χ1) is 16.5. The monoisotopic (exact) mass is 471 g/mol. The summed E-state index contributed by atoms with van der Waals surface area (Å²) in [5.41, 5.74) is 5.37. The number of carboxylic acid groups (broad SMARTS) is 1. The summed E-state index contributed by atoms with van der Waals surface area (Å²) in [6, 6.07) is 21.2. The van der Waals surface area contributed by atoms with E-state index in [1.165, 1.54) is 0 Å². The Morgan fingerprint density at radius 1 is 1.06 bits per heavy atom. The molecule has 0 saturated carbocycles. The summed E-state index contributed by atoms with van der Waals surface area (Å²) in [5, 5.41) is 15.7. The van der Waals surface area contributed by atoms with Crippen molar-refractivity contribution in [2.45, 2.75) is 13.5 Å². The maximum atomic E-state index is 11.9. The third-order valence-electron chi connectivity index (χ3n) is 5.56. The standard InChI is InChI=1S/C25H21N5O3S/c1-2-26-24-27-20-9-5-8-19(23(31)32)21(20)30(24)14-15-10-12-16(13-11-15)17-6-3-4-7-18(17)22-28-25(34)33-29-22/h3-13H,2,14H2,1H3,(H,26,27)(H,31,32)(H,28,29,34). The number of nitrogens with zero attached hydrogens (tertiary/aromatic N) is 3. The number of benzene rings is 3. The number of carbonyl (C=O) groups is 1. The number of para-hydroxylation sites is 1. The number of H-pyrrole nitrogens is 1. The van der Waals surface area contributed by atoms with E-state index in [0.29, 0.717) is 35.9 Å². The smallest absolute Gasteiger partial charge is 0.337 e. The Labute approximate surface area is 199 Å². The van der Waals surface area contributed by atoms with Gasteiger partial charge in [0.05, 0.1) is 23.1 Å². The van der Waals surface area contributed by atoms with Gasteiger partial charge in [0.25, 0.3) is 0 Å². The van der Waals surface area contributed by atoms with E-state index in [4.69, 9.17) is 16.7 Å². The number of hydrogen-bond donors (Lipinski definition) is 3. The van der Waals surface area contributed by atoms with E-state index in [9.17, 15) is 9.90 Å². The summed E-state index contributed by atoms with van der Waals surface area (Å²) in [5.74, 6) is 0.238. The molecule has 170 valence electrons. The maximum absolute atomic E-state index is 11.9. The minimum Gasteiger partial charge on any atom is -0.478 e. The van der Waals surface area contributed by atoms with Crippen molar-refractivity contribution in [1.29, 1.82) is 0 Å². The highest BCUT2D eigenvalue weighted by Crippen LogP contribution is 2.31. The van der Waals surface area contributed by atoms with E-state index < -0.39 is 5.97 Å². The normalized spacial score (nSPS) is 11.1. The van der Waals surface area contributed by atoms with Crippen LogP contribution in [-0.4, -0.2) is 37.3 Å². The lowest BCUT2D eigenvalue weighted by Crippen LogP contribution is -2.10. The first-order valence-electron chi connectivity index (χ1n) is 10.8. The second-order valence-corrected chi connectivity index (χ2v) is 8.05. The second kappa shape index (κ2) is 8.95. The third-order valence-corrected chi connectivity index (χ3v) is 5.73. The fourth-order valence-electron chi connectivity index (χ4n) is 4.06. The van der Waals surface area contributed by atoms with Gasteiger partial charge in [0.1, 0.15) is 0 Å². The van der Waals surface area contributed by atoms with Crippen LogP contribution in [-0.2, 0) is 6.54 Å². The number of aromatic carboxylic acids is 1. The molecular weight excluding hydrogens is 450 g/mol. The van der Waals surface area contributed by atoms with E-state index in [0.717, 1.165) is 22.3 Å². The zero-order valence-corrected chi connectivity index (χ0v) is 19.1. The van der Waals surface area contributed by atoms with Crippen molar-refractivity contribution in [2.75, 3.05) is 11.9 Å². The molecule has 0 amide bonds. The van der Waals surface area contributed by atoms with Crippen molar-refractivity contribution >= 4 is 35.2 Å². The van der Waals surface area contributed by atoms with E-state index in [2.05, 4.69) is 20.4 Å². The molecule has 0 fully saturated rings. The van der Waals surface area contributed by atoms with Crippen LogP contribution in [0.3, 0.4) is 0 Å². The quantitative estimate of drug-likeness (QED) is 0.265. The minimum atomic E-state index is -0.978. The molecule has 0 saturated heterocycles. The van der Waals surface area contributed by atoms with Crippen LogP contribution in [0.25, 0.3) is 33.5 Å². The average Bonchev–Trinajstić information content (AvgIpc) is 3.43. The van der Waals surface area contributed by atoms with E-state index in [1.807, 2.05) is 66.1 Å². The summed E-state index contributed by atoms with van der Waals surface area (Å²) < 4.78 is 7.02. The first-order valence-corrected chi connectivity index (χ1v) is 11.2. The summed E-state index contributed by atoms with van der Waals surface area (Å²) in [7, 11) is 0. The van der Waals surface area contributed by atoms with Gasteiger partial charge in [0.15, 0.2) is 5.82 Å². The number of fused-ring (bicyclic) bond motifs is 1. The molecule has 2 heterocycles. The molecule has 2 aromatic heterocycles. The van der Waals surface area contributed by atoms with Crippen LogP contribution in [0.2, 0.25) is 0 Å². The van der Waals surface area contributed by atoms with Crippen LogP contribution < -0.4 is 5.32 Å². The molecule has 0 radical (unpaired) electrons. The van der Waals surface area contributed by atoms with Gasteiger partial charge >= 0.3 is 10.8 Å². The van der Waals surface area contributed by atoms with Crippen LogP contribution in [0.4, 0.5) is 5.95 Å². The SMILES string of the molecule is CCNc1nc2cccc(C(=O)O)c2n1Cc1ccc(-c2ccccc2-c2nc(=S)o[nH]2)cc1. The Bertz CT molecular complexity index is 1550. The van der Waals surface area contributed by atoms with Gasteiger partial charge in [0.2, 0.25) is 5.95 Å². The van der Waals surface area contributed by atoms with Crippen LogP contribution in [0.1, 0.15) is 22.8 Å². The fourth-order valence-corrected chi connectivity index (χ4v) is 4.20. The summed E-state index contributed by atoms with van der Waals surface area (Å²) in [6.07, 6.45) is 0. The second-order valence-electron chi connectivity index (χ2n) is 7.70. The Hall–Kier alpha value is -4.24. The van der Waals surface area contributed by atoms with Crippen LogP contribution in [0, 0.1) is 4.84 Å². The molecule has 0 spiro atoms. The number of aromatic amines is 1. The molecule has 9 heteroatoms. The molecule has 34 heavy (non-hydrogen) atoms. The van der Waals surface area contributed by atoms with Crippen molar-refractivity contribution < 1.29 is 14.4 Å². The molecule has 0 aliphatic heterocycles. The van der Waals surface area contributed by atoms with Crippen molar-refractivity contribution in [1.82, 2.24) is 19.7 Å². The molecule has 0 unspecified atom stereocenters. The molecule has 5 aromatic rings. The highest BCUT2D eigenvalue weighted by atomic mass is 32.1. The lowest BCUT2D eigenvalue weighted by atomic mass is 9.98. The average molecular weight is 472 g/mol. The van der Waals surface area contributed by atoms with Crippen LogP contribution in [0.15, 0.2) is 71.3 Å². The highest BCUT2D eigenvalue weighted by Gasteiger charge is 2.18. The highest BCUT2D eigenvalue weighted by molar-refractivity contribution is 7.71. The lowest BCUT2D eigenvalue weighted by Gasteiger charge is -2.12. The summed E-state index contributed by atoms with van der Waals surface area (Å²) in [6.45, 7) is 3.13. The zero-order valence-electron chi connectivity index (χ0n) is 18.3. The number of hydrogen-bond acceptors (Lipinski definition) is 6. The maximum Gasteiger partial charge on any atom is 0.337 e. The largest absolute Gasteiger partial charge is 0.478 e. The van der Waals surface area contributed by atoms with Gasteiger partial charge in [-0.25, -0.2) is 14.9 Å². The van der Waals surface area contributed by atoms with E-state index >= 15 is 0 Å². The number of anilines is 1. The predicted octanol–water partition coefficient (Wildman–Crippen LogP) is 5.59. The van der Waals surface area contributed by atoms with Gasteiger partial charge in [-0.3, -0.25) is 0 Å². The number of aromatic nitrogens is 4. The topological polar surface area (TPSA) is 109 Å². The molecule has 0 atom stereocenters. The molecule has 0 aliphatic carbocycles. The molecule has 0 aliphatic rings. The number of nitrogens with one attached hydrogen (secondary N) is 2. The summed E-state index contributed by atoms with van der Waals surface area (Å²) >= 11 is 4.99. The Kier molecular flexibility index (Phi) is 5.69. The lowest BCUT2D eigenvalue weighted by molar-refractivity contribution is 0.0698. The first kappa shape index (κ1) is 21.6. The molecular formula is C25H21N5O3S. The predicted molar refractivity (Wildman–Crippen MR) is 133 cm³/mol. The summed E-state index contributed by atoms with van der Waals surface area (Å²) in [4.78, 5) is 20.9. The Balaban J connectivity index is 1.53. The molecule has 3 aromatic carbocycles. The van der Waals surface area contributed by atoms with Crippen molar-refractivity contribution in [3.63, 3.8) is 0 Å². The number of carboxylic acids is 1. The minimum absolute atomic E-state index is 0.157. The van der Waals surface area contributed by atoms with Gasteiger partial charge in [-0.2, -0.15) is 4.98 Å². The number of imidazole rings is 1. The Morgan fingerprint density at radius 3 is 2.50 bits per heavy atom. The third kappa shape index (κ3) is 3.97. The van der Waals surface area contributed by atoms with Crippen molar-refractivity contribution in [2.24, 2.45) is 0 Å². The van der Waals surface area contributed by atoms with E-state index in [-0.39, 0.29) is 10.4 Å². The molecule has 3 N–H and O–H groups in total. The van der Waals surface area contributed by atoms with Gasteiger partial charge in [-0.15, -0.1) is 0 Å². The van der Waals surface area contributed by atoms with Gasteiger partial charge in [-0.05, 0) is 48.0 Å². The van der Waals surface area contributed by atoms with Crippen LogP contribution >= 0.6 is 12.2 Å². The fraction of sp³-hybridized carbons (Fsp3) is 0.120. The van der Waals surface area contributed by atoms with Gasteiger partial charge < -0.3 is 19.5 Å². The van der Waals surface area contributed by atoms with Gasteiger partial charge in [0, 0.05) is 12.1 Å². The van der Waals surface area contributed by atoms with Crippen LogP contribution in [0.5, 0.6) is 0 Å². The molecule has 8 nitrogen and oxygen atoms in total. The van der Waals surface area contributed by atoms with Gasteiger partial charge in [-0.1, -0.05) is 54.6 Å². The molecule has 0 bridgehead atoms. The van der Waals surface area contributed by atoms with Crippen molar-refractivity contribution in [3.8, 4) is 22.5 Å². The van der Waals surface area contributed by atoms with Crippen molar-refractivity contribution in [3.05, 3.63) is 82.7 Å².